The maximum atomic E-state index is 6.50. The number of rotatable bonds is 3. The Morgan fingerprint density at radius 1 is 1.43 bits per heavy atom. The van der Waals surface area contributed by atoms with Crippen LogP contribution in [-0.4, -0.2) is 25.3 Å². The Morgan fingerprint density at radius 2 is 2.24 bits per heavy atom. The molecule has 3 aromatic heterocycles. The Hall–Kier alpha value is -1.67. The number of hydrogen-bond donors (Lipinski definition) is 2. The van der Waals surface area contributed by atoms with Crippen molar-refractivity contribution in [3.05, 3.63) is 16.4 Å². The topological polar surface area (TPSA) is 107 Å². The molecule has 3 heterocycles. The Balaban J connectivity index is 1.91. The molecule has 0 radical (unpaired) electrons. The minimum Gasteiger partial charge on any atom is -0.379 e. The summed E-state index contributed by atoms with van der Waals surface area (Å²) < 4.78 is 5.39. The molecule has 1 aliphatic carbocycles. The number of fused-ring (bicyclic) bond motifs is 1. The molecular weight excluding hydrogens is 360 g/mol. The van der Waals surface area contributed by atoms with E-state index in [4.69, 9.17) is 17.3 Å². The molecule has 4 rings (SSSR count). The average molecular weight is 370 g/mol. The molecule has 1 atom stereocenters. The molecule has 0 saturated heterocycles. The van der Waals surface area contributed by atoms with E-state index < -0.39 is 0 Å². The third kappa shape index (κ3) is 2.09. The van der Waals surface area contributed by atoms with Crippen molar-refractivity contribution < 1.29 is 4.63 Å². The average Bonchev–Trinajstić information content (AvgIpc) is 3.08. The SMILES string of the molecule is Nc1nonc1-c1nc2c(Br)cnc(C(Cl)C3CC3)c2[nH]1. The van der Waals surface area contributed by atoms with Gasteiger partial charge in [0.2, 0.25) is 0 Å². The predicted molar refractivity (Wildman–Crippen MR) is 80.6 cm³/mol. The number of alkyl halides is 1. The summed E-state index contributed by atoms with van der Waals surface area (Å²) in [5.74, 6) is 1.15. The first-order chi connectivity index (χ1) is 10.1. The second-order valence-electron chi connectivity index (χ2n) is 5.04. The number of nitrogens with zero attached hydrogens (tertiary/aromatic N) is 4. The molecule has 1 fully saturated rings. The van der Waals surface area contributed by atoms with E-state index in [0.717, 1.165) is 34.0 Å². The molecule has 1 aliphatic rings. The minimum absolute atomic E-state index is 0.123. The molecule has 0 spiro atoms. The first kappa shape index (κ1) is 13.0. The van der Waals surface area contributed by atoms with Crippen LogP contribution in [0.3, 0.4) is 0 Å². The molecule has 1 saturated carbocycles. The largest absolute Gasteiger partial charge is 0.379 e. The molecule has 21 heavy (non-hydrogen) atoms. The Kier molecular flexibility index (Phi) is 2.90. The van der Waals surface area contributed by atoms with Gasteiger partial charge < -0.3 is 10.7 Å². The van der Waals surface area contributed by atoms with Gasteiger partial charge >= 0.3 is 0 Å². The molecule has 3 N–H and O–H groups in total. The Morgan fingerprint density at radius 3 is 2.90 bits per heavy atom. The third-order valence-electron chi connectivity index (χ3n) is 3.54. The lowest BCUT2D eigenvalue weighted by molar-refractivity contribution is 0.310. The van der Waals surface area contributed by atoms with Gasteiger partial charge in [0.05, 0.1) is 21.1 Å². The summed E-state index contributed by atoms with van der Waals surface area (Å²) in [5.41, 5.74) is 8.41. The second kappa shape index (κ2) is 4.67. The van der Waals surface area contributed by atoms with E-state index in [1.54, 1.807) is 6.20 Å². The maximum Gasteiger partial charge on any atom is 0.199 e. The van der Waals surface area contributed by atoms with Crippen molar-refractivity contribution in [2.24, 2.45) is 5.92 Å². The standard InChI is InChI=1S/C12H10BrClN6O/c13-5-3-16-8(6(14)4-1-2-4)9-7(5)17-12(18-9)10-11(15)20-21-19-10/h3-4,6H,1-2H2,(H2,15,20)(H,17,18). The number of anilines is 1. The van der Waals surface area contributed by atoms with E-state index in [1.165, 1.54) is 0 Å². The number of nitrogens with two attached hydrogens (primary N) is 1. The lowest BCUT2D eigenvalue weighted by Crippen LogP contribution is -1.98. The van der Waals surface area contributed by atoms with Crippen molar-refractivity contribution in [3.8, 4) is 11.5 Å². The van der Waals surface area contributed by atoms with Crippen LogP contribution in [-0.2, 0) is 0 Å². The number of imidazole rings is 1. The smallest absolute Gasteiger partial charge is 0.199 e. The van der Waals surface area contributed by atoms with Crippen LogP contribution >= 0.6 is 27.5 Å². The molecule has 7 nitrogen and oxygen atoms in total. The fourth-order valence-corrected chi connectivity index (χ4v) is 3.08. The number of pyridine rings is 1. The first-order valence-electron chi connectivity index (χ1n) is 6.41. The van der Waals surface area contributed by atoms with Gasteiger partial charge in [-0.2, -0.15) is 0 Å². The fourth-order valence-electron chi connectivity index (χ4n) is 2.28. The summed E-state index contributed by atoms with van der Waals surface area (Å²) in [6.07, 6.45) is 3.98. The number of aromatic amines is 1. The van der Waals surface area contributed by atoms with Crippen molar-refractivity contribution in [3.63, 3.8) is 0 Å². The van der Waals surface area contributed by atoms with Crippen LogP contribution in [0.15, 0.2) is 15.3 Å². The van der Waals surface area contributed by atoms with E-state index >= 15 is 0 Å². The van der Waals surface area contributed by atoms with Crippen LogP contribution in [0.5, 0.6) is 0 Å². The van der Waals surface area contributed by atoms with Gasteiger partial charge in [0.15, 0.2) is 17.3 Å². The highest BCUT2D eigenvalue weighted by Crippen LogP contribution is 2.46. The molecule has 0 aromatic carbocycles. The molecule has 108 valence electrons. The van der Waals surface area contributed by atoms with Crippen molar-refractivity contribution >= 4 is 44.4 Å². The van der Waals surface area contributed by atoms with Gasteiger partial charge in [-0.05, 0) is 45.0 Å². The van der Waals surface area contributed by atoms with Crippen LogP contribution < -0.4 is 5.73 Å². The zero-order valence-electron chi connectivity index (χ0n) is 10.7. The number of H-pyrrole nitrogens is 1. The summed E-state index contributed by atoms with van der Waals surface area (Å²) in [7, 11) is 0. The molecule has 3 aromatic rings. The van der Waals surface area contributed by atoms with Crippen molar-refractivity contribution in [1.29, 1.82) is 0 Å². The lowest BCUT2D eigenvalue weighted by Gasteiger charge is -2.08. The minimum atomic E-state index is -0.123. The van der Waals surface area contributed by atoms with E-state index in [1.807, 2.05) is 0 Å². The highest BCUT2D eigenvalue weighted by molar-refractivity contribution is 9.10. The van der Waals surface area contributed by atoms with Crippen LogP contribution in [0, 0.1) is 5.92 Å². The van der Waals surface area contributed by atoms with Crippen molar-refractivity contribution in [2.75, 3.05) is 5.73 Å². The van der Waals surface area contributed by atoms with Crippen LogP contribution in [0.1, 0.15) is 23.9 Å². The third-order valence-corrected chi connectivity index (χ3v) is 4.68. The van der Waals surface area contributed by atoms with E-state index in [-0.39, 0.29) is 11.2 Å². The Labute approximate surface area is 132 Å². The van der Waals surface area contributed by atoms with Crippen LogP contribution in [0.4, 0.5) is 5.82 Å². The number of nitrogen functional groups attached to an aromatic ring is 1. The van der Waals surface area contributed by atoms with Gasteiger partial charge in [0.25, 0.3) is 0 Å². The molecule has 0 aliphatic heterocycles. The van der Waals surface area contributed by atoms with Gasteiger partial charge in [-0.3, -0.25) is 4.98 Å². The summed E-state index contributed by atoms with van der Waals surface area (Å²) in [6.45, 7) is 0. The van der Waals surface area contributed by atoms with E-state index in [9.17, 15) is 0 Å². The number of halogens is 2. The maximum absolute atomic E-state index is 6.50. The molecule has 9 heteroatoms. The predicted octanol–water partition coefficient (Wildman–Crippen LogP) is 3.04. The molecule has 1 unspecified atom stereocenters. The van der Waals surface area contributed by atoms with E-state index in [0.29, 0.717) is 17.4 Å². The lowest BCUT2D eigenvalue weighted by atomic mass is 10.1. The highest BCUT2D eigenvalue weighted by Gasteiger charge is 2.33. The summed E-state index contributed by atoms with van der Waals surface area (Å²) in [4.78, 5) is 12.1. The highest BCUT2D eigenvalue weighted by atomic mass is 79.9. The number of aromatic nitrogens is 5. The molecule has 0 amide bonds. The van der Waals surface area contributed by atoms with Crippen molar-refractivity contribution in [2.45, 2.75) is 18.2 Å². The number of nitrogens with one attached hydrogen (secondary N) is 1. The fraction of sp³-hybridized carbons (Fsp3) is 0.333. The first-order valence-corrected chi connectivity index (χ1v) is 7.64. The van der Waals surface area contributed by atoms with Gasteiger partial charge in [-0.1, -0.05) is 0 Å². The Bertz CT molecular complexity index is 826. The monoisotopic (exact) mass is 368 g/mol. The van der Waals surface area contributed by atoms with Gasteiger partial charge in [-0.25, -0.2) is 9.61 Å². The quantitative estimate of drug-likeness (QED) is 0.687. The van der Waals surface area contributed by atoms with Crippen LogP contribution in [0.25, 0.3) is 22.6 Å². The summed E-state index contributed by atoms with van der Waals surface area (Å²) in [6, 6.07) is 0. The van der Waals surface area contributed by atoms with Crippen LogP contribution in [0.2, 0.25) is 0 Å². The van der Waals surface area contributed by atoms with Gasteiger partial charge in [-0.15, -0.1) is 11.6 Å². The molecule has 0 bridgehead atoms. The normalized spacial score (nSPS) is 16.5. The second-order valence-corrected chi connectivity index (χ2v) is 6.36. The summed E-state index contributed by atoms with van der Waals surface area (Å²) in [5, 5.41) is 7.20. The summed E-state index contributed by atoms with van der Waals surface area (Å²) >= 11 is 9.95. The zero-order chi connectivity index (χ0) is 14.6. The zero-order valence-corrected chi connectivity index (χ0v) is 13.0. The number of hydrogen-bond acceptors (Lipinski definition) is 6. The van der Waals surface area contributed by atoms with Gasteiger partial charge in [0.1, 0.15) is 5.52 Å². The van der Waals surface area contributed by atoms with Gasteiger partial charge in [0, 0.05) is 6.20 Å². The van der Waals surface area contributed by atoms with Crippen molar-refractivity contribution in [1.82, 2.24) is 25.3 Å². The molecular formula is C12H10BrClN6O. The van der Waals surface area contributed by atoms with E-state index in [2.05, 4.69) is 45.8 Å².